The predicted molar refractivity (Wildman–Crippen MR) is 83.1 cm³/mol. The van der Waals surface area contributed by atoms with E-state index < -0.39 is 6.36 Å². The first kappa shape index (κ1) is 17.3. The molecule has 2 aliphatic heterocycles. The summed E-state index contributed by atoms with van der Waals surface area (Å²) in [7, 11) is 0. The Balaban J connectivity index is 1.53. The van der Waals surface area contributed by atoms with Crippen LogP contribution in [0.1, 0.15) is 19.8 Å². The zero-order valence-electron chi connectivity index (χ0n) is 13.6. The molecule has 134 valence electrons. The summed E-state index contributed by atoms with van der Waals surface area (Å²) in [5, 5.41) is 0. The fourth-order valence-electron chi connectivity index (χ4n) is 3.39. The number of rotatable bonds is 3. The molecule has 1 aromatic heterocycles. The van der Waals surface area contributed by atoms with Gasteiger partial charge in [0.25, 0.3) is 0 Å². The van der Waals surface area contributed by atoms with Crippen LogP contribution < -0.4 is 9.64 Å². The molecule has 1 aromatic rings. The summed E-state index contributed by atoms with van der Waals surface area (Å²) in [5.41, 5.74) is 0. The second-order valence-corrected chi connectivity index (χ2v) is 6.29. The largest absolute Gasteiger partial charge is 0.573 e. The van der Waals surface area contributed by atoms with E-state index in [-0.39, 0.29) is 11.9 Å². The van der Waals surface area contributed by atoms with Crippen molar-refractivity contribution in [3.63, 3.8) is 0 Å². The smallest absolute Gasteiger partial charge is 0.404 e. The summed E-state index contributed by atoms with van der Waals surface area (Å²) >= 11 is 0. The molecule has 3 rings (SSSR count). The molecule has 3 heterocycles. The lowest BCUT2D eigenvalue weighted by molar-refractivity contribution is -0.274. The normalized spacial score (nSPS) is 24.2. The Kier molecular flexibility index (Phi) is 5.15. The highest BCUT2D eigenvalue weighted by Gasteiger charge is 2.31. The maximum atomic E-state index is 12.2. The molecule has 1 atom stereocenters. The van der Waals surface area contributed by atoms with Gasteiger partial charge in [-0.25, -0.2) is 4.98 Å². The molecule has 0 bridgehead atoms. The summed E-state index contributed by atoms with van der Waals surface area (Å²) in [6.07, 6.45) is -1.24. The number of halogens is 3. The van der Waals surface area contributed by atoms with E-state index in [0.717, 1.165) is 51.8 Å². The van der Waals surface area contributed by atoms with Gasteiger partial charge in [-0.3, -0.25) is 4.90 Å². The number of morpholine rings is 1. The second kappa shape index (κ2) is 7.14. The van der Waals surface area contributed by atoms with Crippen molar-refractivity contribution >= 4 is 5.82 Å². The van der Waals surface area contributed by atoms with E-state index in [9.17, 15) is 13.2 Å². The van der Waals surface area contributed by atoms with Gasteiger partial charge < -0.3 is 14.4 Å². The molecule has 2 fully saturated rings. The first-order valence-corrected chi connectivity index (χ1v) is 8.23. The fourth-order valence-corrected chi connectivity index (χ4v) is 3.39. The van der Waals surface area contributed by atoms with Crippen molar-refractivity contribution in [3.8, 4) is 5.75 Å². The summed E-state index contributed by atoms with van der Waals surface area (Å²) in [6, 6.07) is 3.43. The number of piperidine rings is 1. The summed E-state index contributed by atoms with van der Waals surface area (Å²) in [5.74, 6) is 0.404. The quantitative estimate of drug-likeness (QED) is 0.842. The monoisotopic (exact) mass is 345 g/mol. The maximum absolute atomic E-state index is 12.2. The molecule has 0 amide bonds. The molecule has 5 nitrogen and oxygen atoms in total. The molecule has 1 unspecified atom stereocenters. The van der Waals surface area contributed by atoms with Crippen molar-refractivity contribution in [3.05, 3.63) is 18.3 Å². The average molecular weight is 345 g/mol. The number of hydrogen-bond donors (Lipinski definition) is 0. The van der Waals surface area contributed by atoms with Crippen LogP contribution in [-0.4, -0.2) is 61.2 Å². The summed E-state index contributed by atoms with van der Waals surface area (Å²) in [4.78, 5) is 8.70. The van der Waals surface area contributed by atoms with E-state index in [1.165, 1.54) is 6.07 Å². The Labute approximate surface area is 139 Å². The van der Waals surface area contributed by atoms with Gasteiger partial charge in [-0.15, -0.1) is 13.2 Å². The molecule has 0 radical (unpaired) electrons. The van der Waals surface area contributed by atoms with Crippen molar-refractivity contribution in [2.75, 3.05) is 37.7 Å². The topological polar surface area (TPSA) is 37.8 Å². The van der Waals surface area contributed by atoms with Crippen molar-refractivity contribution in [2.45, 2.75) is 38.3 Å². The Bertz CT molecular complexity index is 530. The minimum atomic E-state index is -4.68. The van der Waals surface area contributed by atoms with Crippen LogP contribution in [-0.2, 0) is 4.74 Å². The first-order chi connectivity index (χ1) is 11.4. The number of hydrogen-bond acceptors (Lipinski definition) is 5. The van der Waals surface area contributed by atoms with Crippen molar-refractivity contribution in [1.82, 2.24) is 9.88 Å². The van der Waals surface area contributed by atoms with E-state index in [1.54, 1.807) is 6.07 Å². The number of ether oxygens (including phenoxy) is 2. The minimum Gasteiger partial charge on any atom is -0.404 e. The van der Waals surface area contributed by atoms with Crippen LogP contribution in [0.2, 0.25) is 0 Å². The highest BCUT2D eigenvalue weighted by Crippen LogP contribution is 2.26. The van der Waals surface area contributed by atoms with Gasteiger partial charge >= 0.3 is 6.36 Å². The van der Waals surface area contributed by atoms with Gasteiger partial charge in [0.2, 0.25) is 0 Å². The van der Waals surface area contributed by atoms with E-state index in [0.29, 0.717) is 11.9 Å². The molecule has 0 spiro atoms. The molecule has 8 heteroatoms. The van der Waals surface area contributed by atoms with Crippen LogP contribution in [0.4, 0.5) is 19.0 Å². The van der Waals surface area contributed by atoms with Crippen molar-refractivity contribution in [2.24, 2.45) is 0 Å². The van der Waals surface area contributed by atoms with Crippen LogP contribution in [0.15, 0.2) is 18.3 Å². The lowest BCUT2D eigenvalue weighted by Crippen LogP contribution is -2.51. The zero-order valence-corrected chi connectivity index (χ0v) is 13.6. The molecule has 0 N–H and O–H groups in total. The van der Waals surface area contributed by atoms with Crippen molar-refractivity contribution < 1.29 is 22.6 Å². The van der Waals surface area contributed by atoms with Crippen LogP contribution in [0.3, 0.4) is 0 Å². The lowest BCUT2D eigenvalue weighted by atomic mass is 10.0. The molecular weight excluding hydrogens is 323 g/mol. The van der Waals surface area contributed by atoms with Crippen molar-refractivity contribution in [1.29, 1.82) is 0 Å². The third-order valence-corrected chi connectivity index (χ3v) is 4.53. The molecule has 24 heavy (non-hydrogen) atoms. The Morgan fingerprint density at radius 3 is 2.54 bits per heavy atom. The summed E-state index contributed by atoms with van der Waals surface area (Å²) in [6.45, 7) is 6.51. The standard InChI is InChI=1S/C16H22F3N3O2/c1-12-11-22(8-9-23-12)13-4-6-21(7-5-13)15-3-2-14(10-20-15)24-16(17,18)19/h2-3,10,12-13H,4-9,11H2,1H3. The first-order valence-electron chi connectivity index (χ1n) is 8.23. The van der Waals surface area contributed by atoms with Gasteiger partial charge in [0, 0.05) is 32.2 Å². The molecule has 0 saturated carbocycles. The predicted octanol–water partition coefficient (Wildman–Crippen LogP) is 2.67. The van der Waals surface area contributed by atoms with Gasteiger partial charge in [-0.1, -0.05) is 0 Å². The number of alkyl halides is 3. The van der Waals surface area contributed by atoms with Crippen LogP contribution in [0.5, 0.6) is 5.75 Å². The molecule has 0 aromatic carbocycles. The van der Waals surface area contributed by atoms with E-state index in [4.69, 9.17) is 4.74 Å². The Hall–Kier alpha value is -1.54. The molecule has 0 aliphatic carbocycles. The highest BCUT2D eigenvalue weighted by atomic mass is 19.4. The lowest BCUT2D eigenvalue weighted by Gasteiger charge is -2.42. The number of anilines is 1. The fraction of sp³-hybridized carbons (Fsp3) is 0.688. The maximum Gasteiger partial charge on any atom is 0.573 e. The number of nitrogens with zero attached hydrogens (tertiary/aromatic N) is 3. The molecule has 2 aliphatic rings. The van der Waals surface area contributed by atoms with Crippen LogP contribution in [0.25, 0.3) is 0 Å². The van der Waals surface area contributed by atoms with Crippen LogP contribution in [0, 0.1) is 0 Å². The Morgan fingerprint density at radius 2 is 1.96 bits per heavy atom. The SMILES string of the molecule is CC1CN(C2CCN(c3ccc(OC(F)(F)F)cn3)CC2)CCO1. The third-order valence-electron chi connectivity index (χ3n) is 4.53. The molecular formula is C16H22F3N3O2. The van der Waals surface area contributed by atoms with E-state index >= 15 is 0 Å². The van der Waals surface area contributed by atoms with Gasteiger partial charge in [-0.2, -0.15) is 0 Å². The van der Waals surface area contributed by atoms with Gasteiger partial charge in [-0.05, 0) is 31.9 Å². The number of pyridine rings is 1. The third kappa shape index (κ3) is 4.51. The Morgan fingerprint density at radius 1 is 1.21 bits per heavy atom. The van der Waals surface area contributed by atoms with E-state index in [2.05, 4.69) is 26.4 Å². The highest BCUT2D eigenvalue weighted by molar-refractivity contribution is 5.41. The average Bonchev–Trinajstić information content (AvgIpc) is 2.54. The van der Waals surface area contributed by atoms with E-state index in [1.807, 2.05) is 0 Å². The van der Waals surface area contributed by atoms with Gasteiger partial charge in [0.1, 0.15) is 11.6 Å². The minimum absolute atomic E-state index is 0.277. The number of aromatic nitrogens is 1. The van der Waals surface area contributed by atoms with Gasteiger partial charge in [0.05, 0.1) is 18.9 Å². The van der Waals surface area contributed by atoms with Crippen LogP contribution >= 0.6 is 0 Å². The second-order valence-electron chi connectivity index (χ2n) is 6.29. The molecule has 2 saturated heterocycles. The summed E-state index contributed by atoms with van der Waals surface area (Å²) < 4.78 is 45.9. The zero-order chi connectivity index (χ0) is 17.2. The van der Waals surface area contributed by atoms with Gasteiger partial charge in [0.15, 0.2) is 0 Å².